The summed E-state index contributed by atoms with van der Waals surface area (Å²) >= 11 is 1.41. The van der Waals surface area contributed by atoms with Gasteiger partial charge in [0.15, 0.2) is 17.4 Å². The zero-order valence-corrected chi connectivity index (χ0v) is 14.4. The molecule has 0 radical (unpaired) electrons. The van der Waals surface area contributed by atoms with Crippen LogP contribution in [0.4, 0.5) is 14.6 Å². The van der Waals surface area contributed by atoms with E-state index in [9.17, 15) is 8.78 Å². The van der Waals surface area contributed by atoms with Crippen molar-refractivity contribution in [2.45, 2.75) is 44.6 Å². The van der Waals surface area contributed by atoms with Crippen molar-refractivity contribution in [2.24, 2.45) is 0 Å². The normalized spacial score (nSPS) is 17.0. The number of anilines is 1. The maximum absolute atomic E-state index is 13.3. The van der Waals surface area contributed by atoms with Crippen molar-refractivity contribution in [3.8, 4) is 22.8 Å². The molecule has 6 nitrogen and oxygen atoms in total. The Kier molecular flexibility index (Phi) is 5.08. The number of nitriles is 1. The van der Waals surface area contributed by atoms with Crippen LogP contribution in [-0.4, -0.2) is 33.5 Å². The number of hydrogen-bond donors (Lipinski definition) is 1. The second kappa shape index (κ2) is 7.27. The first kappa shape index (κ1) is 17.5. The second-order valence-electron chi connectivity index (χ2n) is 5.93. The van der Waals surface area contributed by atoms with Gasteiger partial charge in [0.2, 0.25) is 11.8 Å². The zero-order valence-electron chi connectivity index (χ0n) is 13.6. The lowest BCUT2D eigenvalue weighted by atomic mass is 9.92. The molecule has 0 atom stereocenters. The molecule has 1 fully saturated rings. The third-order valence-electron chi connectivity index (χ3n) is 3.87. The Balaban J connectivity index is 1.81. The van der Waals surface area contributed by atoms with Crippen LogP contribution < -0.4 is 10.1 Å². The number of halogens is 2. The minimum atomic E-state index is -2.57. The Morgan fingerprint density at radius 2 is 2.12 bits per heavy atom. The molecule has 0 aliphatic heterocycles. The monoisotopic (exact) mass is 365 g/mol. The van der Waals surface area contributed by atoms with E-state index in [1.165, 1.54) is 11.3 Å². The molecular formula is C16H17F2N5OS. The van der Waals surface area contributed by atoms with E-state index in [0.717, 1.165) is 5.69 Å². The van der Waals surface area contributed by atoms with Gasteiger partial charge in [-0.15, -0.1) is 11.3 Å². The van der Waals surface area contributed by atoms with E-state index in [-0.39, 0.29) is 31.4 Å². The van der Waals surface area contributed by atoms with Crippen molar-refractivity contribution in [3.63, 3.8) is 0 Å². The highest BCUT2D eigenvalue weighted by molar-refractivity contribution is 7.13. The highest BCUT2D eigenvalue weighted by Gasteiger charge is 2.35. The minimum absolute atomic E-state index is 0.0794. The first-order valence-electron chi connectivity index (χ1n) is 7.91. The van der Waals surface area contributed by atoms with Crippen LogP contribution in [0, 0.1) is 18.3 Å². The average Bonchev–Trinajstić information content (AvgIpc) is 3.01. The number of aromatic nitrogens is 3. The number of ether oxygens (including phenoxy) is 1. The number of thiazole rings is 1. The molecule has 2 heterocycles. The lowest BCUT2D eigenvalue weighted by molar-refractivity contribution is -0.0361. The van der Waals surface area contributed by atoms with Crippen LogP contribution in [0.3, 0.4) is 0 Å². The molecule has 1 N–H and O–H groups in total. The van der Waals surface area contributed by atoms with Gasteiger partial charge in [-0.05, 0) is 19.8 Å². The van der Waals surface area contributed by atoms with Crippen molar-refractivity contribution in [3.05, 3.63) is 17.1 Å². The van der Waals surface area contributed by atoms with Crippen LogP contribution in [0.25, 0.3) is 10.8 Å². The van der Waals surface area contributed by atoms with Gasteiger partial charge >= 0.3 is 0 Å². The van der Waals surface area contributed by atoms with Crippen molar-refractivity contribution >= 4 is 17.2 Å². The summed E-state index contributed by atoms with van der Waals surface area (Å²) in [6, 6.07) is 3.39. The summed E-state index contributed by atoms with van der Waals surface area (Å²) in [5.41, 5.74) is 0.857. The van der Waals surface area contributed by atoms with E-state index in [0.29, 0.717) is 29.5 Å². The predicted molar refractivity (Wildman–Crippen MR) is 89.8 cm³/mol. The van der Waals surface area contributed by atoms with Crippen LogP contribution in [-0.2, 0) is 0 Å². The molecule has 1 aliphatic rings. The summed E-state index contributed by atoms with van der Waals surface area (Å²) in [5.74, 6) is -1.45. The summed E-state index contributed by atoms with van der Waals surface area (Å²) in [6.45, 7) is 1.74. The average molecular weight is 365 g/mol. The predicted octanol–water partition coefficient (Wildman–Crippen LogP) is 3.80. The molecular weight excluding hydrogens is 348 g/mol. The number of alkyl halides is 2. The zero-order chi connectivity index (χ0) is 17.9. The molecule has 2 aromatic rings. The van der Waals surface area contributed by atoms with Crippen molar-refractivity contribution in [1.29, 1.82) is 5.26 Å². The number of nitrogens with one attached hydrogen (secondary N) is 1. The Morgan fingerprint density at radius 1 is 1.36 bits per heavy atom. The molecule has 1 aliphatic carbocycles. The van der Waals surface area contributed by atoms with Gasteiger partial charge in [-0.3, -0.25) is 0 Å². The van der Waals surface area contributed by atoms with E-state index in [4.69, 9.17) is 10.00 Å². The van der Waals surface area contributed by atoms with Gasteiger partial charge in [-0.25, -0.2) is 18.7 Å². The van der Waals surface area contributed by atoms with E-state index in [1.807, 2.05) is 18.4 Å². The van der Waals surface area contributed by atoms with Gasteiger partial charge < -0.3 is 10.1 Å². The summed E-state index contributed by atoms with van der Waals surface area (Å²) < 4.78 is 31.9. The molecule has 0 saturated heterocycles. The van der Waals surface area contributed by atoms with Gasteiger partial charge in [0.1, 0.15) is 11.9 Å². The molecule has 132 valence electrons. The third-order valence-corrected chi connectivity index (χ3v) is 4.82. The lowest BCUT2D eigenvalue weighted by Crippen LogP contribution is -2.32. The van der Waals surface area contributed by atoms with E-state index in [2.05, 4.69) is 20.3 Å². The quantitative estimate of drug-likeness (QED) is 0.868. The Bertz CT molecular complexity index is 779. The molecule has 2 aromatic heterocycles. The number of hydrogen-bond acceptors (Lipinski definition) is 7. The lowest BCUT2D eigenvalue weighted by Gasteiger charge is -2.29. The van der Waals surface area contributed by atoms with Crippen LogP contribution in [0.2, 0.25) is 0 Å². The van der Waals surface area contributed by atoms with Gasteiger partial charge in [0.05, 0.1) is 0 Å². The molecule has 9 heteroatoms. The van der Waals surface area contributed by atoms with Crippen LogP contribution in [0.5, 0.6) is 5.88 Å². The topological polar surface area (TPSA) is 83.7 Å². The highest BCUT2D eigenvalue weighted by atomic mass is 32.1. The van der Waals surface area contributed by atoms with Crippen LogP contribution in [0.15, 0.2) is 11.4 Å². The van der Waals surface area contributed by atoms with E-state index in [1.54, 1.807) is 6.07 Å². The molecule has 3 rings (SSSR count). The number of rotatable bonds is 5. The summed E-state index contributed by atoms with van der Waals surface area (Å²) in [7, 11) is 0. The fourth-order valence-corrected chi connectivity index (χ4v) is 3.35. The molecule has 0 bridgehead atoms. The van der Waals surface area contributed by atoms with Crippen molar-refractivity contribution < 1.29 is 13.5 Å². The molecule has 0 spiro atoms. The van der Waals surface area contributed by atoms with Gasteiger partial charge in [0, 0.05) is 36.0 Å². The van der Waals surface area contributed by atoms with Crippen molar-refractivity contribution in [2.75, 3.05) is 11.9 Å². The first-order valence-corrected chi connectivity index (χ1v) is 8.79. The van der Waals surface area contributed by atoms with E-state index >= 15 is 0 Å². The van der Waals surface area contributed by atoms with Gasteiger partial charge in [-0.2, -0.15) is 10.2 Å². The van der Waals surface area contributed by atoms with Gasteiger partial charge in [-0.1, -0.05) is 0 Å². The van der Waals surface area contributed by atoms with Gasteiger partial charge in [0.25, 0.3) is 0 Å². The third kappa shape index (κ3) is 4.60. The number of nitrogens with zero attached hydrogens (tertiary/aromatic N) is 4. The smallest absolute Gasteiger partial charge is 0.248 e. The highest BCUT2D eigenvalue weighted by Crippen LogP contribution is 2.34. The summed E-state index contributed by atoms with van der Waals surface area (Å²) in [4.78, 5) is 13.1. The first-order chi connectivity index (χ1) is 11.9. The molecule has 0 aromatic carbocycles. The fraction of sp³-hybridized carbons (Fsp3) is 0.500. The van der Waals surface area contributed by atoms with Crippen molar-refractivity contribution in [1.82, 2.24) is 15.0 Å². The Hall–Kier alpha value is -2.34. The minimum Gasteiger partial charge on any atom is -0.462 e. The Labute approximate surface area is 147 Å². The maximum atomic E-state index is 13.3. The molecule has 0 unspecified atom stereocenters. The van der Waals surface area contributed by atoms with Crippen LogP contribution >= 0.6 is 11.3 Å². The molecule has 25 heavy (non-hydrogen) atoms. The standard InChI is InChI=1S/C16H17F2N5OS/c1-10-9-25-15(20-10)14-22-12(8-13(23-14)24-7-6-19)21-11-2-4-16(17,18)5-3-11/h8-9,11H,2-5,7H2,1H3,(H,21,22,23). The van der Waals surface area contributed by atoms with Crippen LogP contribution in [0.1, 0.15) is 31.4 Å². The second-order valence-corrected chi connectivity index (χ2v) is 6.79. The molecule has 1 saturated carbocycles. The molecule has 0 amide bonds. The number of aryl methyl sites for hydroxylation is 1. The SMILES string of the molecule is Cc1csc(-c2nc(NC3CCC(F)(F)CC3)cc(OCC#N)n2)n1. The fourth-order valence-electron chi connectivity index (χ4n) is 2.63. The largest absolute Gasteiger partial charge is 0.462 e. The maximum Gasteiger partial charge on any atom is 0.248 e. The Morgan fingerprint density at radius 3 is 2.76 bits per heavy atom. The summed E-state index contributed by atoms with van der Waals surface area (Å²) in [6.07, 6.45) is 0.478. The summed E-state index contributed by atoms with van der Waals surface area (Å²) in [5, 5.41) is 14.4. The van der Waals surface area contributed by atoms with E-state index < -0.39 is 5.92 Å².